The van der Waals surface area contributed by atoms with Gasteiger partial charge in [-0.25, -0.2) is 0 Å². The van der Waals surface area contributed by atoms with Gasteiger partial charge in [-0.3, -0.25) is 10.1 Å². The van der Waals surface area contributed by atoms with E-state index >= 15 is 0 Å². The van der Waals surface area contributed by atoms with Gasteiger partial charge in [0.2, 0.25) is 5.91 Å². The van der Waals surface area contributed by atoms with Crippen molar-refractivity contribution < 1.29 is 4.79 Å². The number of rotatable bonds is 6. The van der Waals surface area contributed by atoms with Crippen molar-refractivity contribution in [2.45, 2.75) is 46.1 Å². The fourth-order valence-corrected chi connectivity index (χ4v) is 3.25. The molecule has 0 aromatic heterocycles. The lowest BCUT2D eigenvalue weighted by Gasteiger charge is -2.25. The number of carbonyl (C=O) groups is 1. The average molecular weight is 267 g/mol. The van der Waals surface area contributed by atoms with E-state index in [0.29, 0.717) is 17.7 Å². The van der Waals surface area contributed by atoms with Crippen LogP contribution in [-0.4, -0.2) is 54.6 Å². The second kappa shape index (κ2) is 6.71. The zero-order chi connectivity index (χ0) is 13.8. The van der Waals surface area contributed by atoms with Gasteiger partial charge in [0, 0.05) is 13.1 Å². The van der Waals surface area contributed by atoms with Gasteiger partial charge >= 0.3 is 0 Å². The molecule has 4 nitrogen and oxygen atoms in total. The molecule has 19 heavy (non-hydrogen) atoms. The minimum atomic E-state index is 0.0454. The van der Waals surface area contributed by atoms with Crippen LogP contribution in [0.1, 0.15) is 40.0 Å². The summed E-state index contributed by atoms with van der Waals surface area (Å²) >= 11 is 0. The predicted molar refractivity (Wildman–Crippen MR) is 77.8 cm³/mol. The molecular formula is C15H29N3O. The lowest BCUT2D eigenvalue weighted by atomic mass is 9.99. The van der Waals surface area contributed by atoms with Crippen molar-refractivity contribution >= 4 is 5.91 Å². The van der Waals surface area contributed by atoms with Gasteiger partial charge in [0.25, 0.3) is 0 Å². The highest BCUT2D eigenvalue weighted by atomic mass is 16.2. The van der Waals surface area contributed by atoms with Crippen LogP contribution in [-0.2, 0) is 4.79 Å². The topological polar surface area (TPSA) is 35.6 Å². The molecule has 0 radical (unpaired) electrons. The first-order valence-electron chi connectivity index (χ1n) is 7.86. The zero-order valence-corrected chi connectivity index (χ0v) is 12.7. The molecule has 2 fully saturated rings. The Balaban J connectivity index is 1.78. The van der Waals surface area contributed by atoms with E-state index in [0.717, 1.165) is 26.2 Å². The van der Waals surface area contributed by atoms with Crippen molar-refractivity contribution in [2.24, 2.45) is 11.8 Å². The molecule has 0 aromatic rings. The highest BCUT2D eigenvalue weighted by Crippen LogP contribution is 2.17. The smallest absolute Gasteiger partial charge is 0.241 e. The van der Waals surface area contributed by atoms with Crippen LogP contribution in [0.5, 0.6) is 0 Å². The third kappa shape index (κ3) is 3.69. The summed E-state index contributed by atoms with van der Waals surface area (Å²) in [6.07, 6.45) is 3.74. The third-order valence-corrected chi connectivity index (χ3v) is 4.59. The lowest BCUT2D eigenvalue weighted by Crippen LogP contribution is -2.38. The second-order valence-corrected chi connectivity index (χ2v) is 6.40. The van der Waals surface area contributed by atoms with Crippen LogP contribution in [0.4, 0.5) is 0 Å². The first kappa shape index (κ1) is 14.8. The molecule has 2 aliphatic rings. The average Bonchev–Trinajstić information content (AvgIpc) is 3.00. The molecule has 2 heterocycles. The van der Waals surface area contributed by atoms with Crippen LogP contribution >= 0.6 is 0 Å². The number of carbonyl (C=O) groups excluding carboxylic acids is 1. The Hall–Kier alpha value is -0.610. The number of hydrogen-bond donors (Lipinski definition) is 1. The van der Waals surface area contributed by atoms with Crippen LogP contribution in [0.15, 0.2) is 0 Å². The minimum Gasteiger partial charge on any atom is -0.328 e. The molecule has 0 spiro atoms. The number of hydrogen-bond acceptors (Lipinski definition) is 3. The molecule has 110 valence electrons. The first-order valence-corrected chi connectivity index (χ1v) is 7.86. The van der Waals surface area contributed by atoms with E-state index in [2.05, 4.69) is 31.0 Å². The summed E-state index contributed by atoms with van der Waals surface area (Å²) in [5, 5.41) is 3.37. The van der Waals surface area contributed by atoms with Crippen molar-refractivity contribution in [1.29, 1.82) is 0 Å². The largest absolute Gasteiger partial charge is 0.328 e. The van der Waals surface area contributed by atoms with Crippen LogP contribution < -0.4 is 5.32 Å². The molecule has 3 unspecified atom stereocenters. The van der Waals surface area contributed by atoms with Crippen LogP contribution in [0, 0.1) is 11.8 Å². The summed E-state index contributed by atoms with van der Waals surface area (Å²) in [6, 6.07) is 0.0454. The van der Waals surface area contributed by atoms with Gasteiger partial charge in [-0.1, -0.05) is 27.2 Å². The number of likely N-dealkylation sites (tertiary alicyclic amines) is 1. The van der Waals surface area contributed by atoms with Crippen molar-refractivity contribution in [2.75, 3.05) is 32.8 Å². The van der Waals surface area contributed by atoms with E-state index in [-0.39, 0.29) is 6.04 Å². The van der Waals surface area contributed by atoms with Gasteiger partial charge in [-0.15, -0.1) is 0 Å². The van der Waals surface area contributed by atoms with E-state index < -0.39 is 0 Å². The fraction of sp³-hybridized carbons (Fsp3) is 0.933. The number of nitrogens with one attached hydrogen (secondary N) is 1. The van der Waals surface area contributed by atoms with Crippen LogP contribution in [0.3, 0.4) is 0 Å². The van der Waals surface area contributed by atoms with Gasteiger partial charge in [-0.2, -0.15) is 0 Å². The summed E-state index contributed by atoms with van der Waals surface area (Å²) < 4.78 is 0. The molecule has 1 N–H and O–H groups in total. The van der Waals surface area contributed by atoms with Crippen molar-refractivity contribution in [3.05, 3.63) is 0 Å². The van der Waals surface area contributed by atoms with Crippen molar-refractivity contribution in [3.63, 3.8) is 0 Å². The Morgan fingerprint density at radius 3 is 2.58 bits per heavy atom. The Kier molecular flexibility index (Phi) is 5.22. The van der Waals surface area contributed by atoms with E-state index in [1.807, 2.05) is 4.90 Å². The molecule has 1 amide bonds. The van der Waals surface area contributed by atoms with Gasteiger partial charge in [0.15, 0.2) is 0 Å². The fourth-order valence-electron chi connectivity index (χ4n) is 3.25. The highest BCUT2D eigenvalue weighted by Gasteiger charge is 2.34. The van der Waals surface area contributed by atoms with E-state index in [9.17, 15) is 4.79 Å². The first-order chi connectivity index (χ1) is 9.11. The molecule has 3 atom stereocenters. The monoisotopic (exact) mass is 267 g/mol. The van der Waals surface area contributed by atoms with E-state index in [4.69, 9.17) is 0 Å². The summed E-state index contributed by atoms with van der Waals surface area (Å²) in [5.74, 6) is 1.31. The quantitative estimate of drug-likeness (QED) is 0.792. The maximum absolute atomic E-state index is 12.3. The standard InChI is InChI=1S/C15H29N3O/c1-4-13(3)14-15(19)18(11-16-14)10-12(2)9-17-7-5-6-8-17/h12-14,16H,4-11H2,1-3H3. The number of amides is 1. The van der Waals surface area contributed by atoms with E-state index in [1.54, 1.807) is 0 Å². The maximum atomic E-state index is 12.3. The predicted octanol–water partition coefficient (Wildman–Crippen LogP) is 1.52. The summed E-state index contributed by atoms with van der Waals surface area (Å²) in [4.78, 5) is 16.9. The lowest BCUT2D eigenvalue weighted by molar-refractivity contribution is -0.130. The zero-order valence-electron chi connectivity index (χ0n) is 12.7. The molecular weight excluding hydrogens is 238 g/mol. The molecule has 0 saturated carbocycles. The van der Waals surface area contributed by atoms with E-state index in [1.165, 1.54) is 25.9 Å². The molecule has 0 aromatic carbocycles. The molecule has 4 heteroatoms. The highest BCUT2D eigenvalue weighted by molar-refractivity contribution is 5.84. The Labute approximate surface area is 117 Å². The third-order valence-electron chi connectivity index (χ3n) is 4.59. The summed E-state index contributed by atoms with van der Waals surface area (Å²) in [6.45, 7) is 11.8. The van der Waals surface area contributed by atoms with Gasteiger partial charge < -0.3 is 9.80 Å². The SMILES string of the molecule is CCC(C)C1NCN(CC(C)CN2CCCC2)C1=O. The van der Waals surface area contributed by atoms with Gasteiger partial charge in [0.1, 0.15) is 0 Å². The summed E-state index contributed by atoms with van der Waals surface area (Å²) in [7, 11) is 0. The Bertz CT molecular complexity index is 302. The summed E-state index contributed by atoms with van der Waals surface area (Å²) in [5.41, 5.74) is 0. The Morgan fingerprint density at radius 2 is 1.95 bits per heavy atom. The molecule has 2 aliphatic heterocycles. The number of nitrogens with zero attached hydrogens (tertiary/aromatic N) is 2. The normalized spacial score (nSPS) is 28.1. The molecule has 0 aliphatic carbocycles. The second-order valence-electron chi connectivity index (χ2n) is 6.40. The minimum absolute atomic E-state index is 0.0454. The Morgan fingerprint density at radius 1 is 1.26 bits per heavy atom. The van der Waals surface area contributed by atoms with Crippen molar-refractivity contribution in [3.8, 4) is 0 Å². The molecule has 0 bridgehead atoms. The molecule has 2 rings (SSSR count). The van der Waals surface area contributed by atoms with Gasteiger partial charge in [-0.05, 0) is 37.8 Å². The van der Waals surface area contributed by atoms with Crippen LogP contribution in [0.2, 0.25) is 0 Å². The van der Waals surface area contributed by atoms with Crippen LogP contribution in [0.25, 0.3) is 0 Å². The maximum Gasteiger partial charge on any atom is 0.241 e. The van der Waals surface area contributed by atoms with Crippen molar-refractivity contribution in [1.82, 2.24) is 15.1 Å². The molecule has 2 saturated heterocycles. The van der Waals surface area contributed by atoms with Gasteiger partial charge in [0.05, 0.1) is 12.7 Å².